The van der Waals surface area contributed by atoms with Crippen LogP contribution >= 0.6 is 15.9 Å². The molecule has 0 bridgehead atoms. The van der Waals surface area contributed by atoms with Crippen LogP contribution in [0.3, 0.4) is 0 Å². The zero-order chi connectivity index (χ0) is 12.3. The predicted octanol–water partition coefficient (Wildman–Crippen LogP) is 0.441. The highest BCUT2D eigenvalue weighted by molar-refractivity contribution is 9.10. The molecule has 0 atom stereocenters. The van der Waals surface area contributed by atoms with Crippen molar-refractivity contribution in [1.29, 1.82) is 0 Å². The molecule has 16 heavy (non-hydrogen) atoms. The van der Waals surface area contributed by atoms with E-state index in [4.69, 9.17) is 10.8 Å². The van der Waals surface area contributed by atoms with E-state index in [9.17, 15) is 12.8 Å². The summed E-state index contributed by atoms with van der Waals surface area (Å²) in [6.07, 6.45) is 0. The maximum Gasteiger partial charge on any atom is 0.243 e. The molecule has 1 aromatic rings. The number of hydrogen-bond donors (Lipinski definition) is 3. The smallest absolute Gasteiger partial charge is 0.243 e. The standard InChI is InChI=1S/C8H10BrFN2O3S/c9-6-3-5(11)4-7(8(6)10)16(14,15)12-1-2-13/h3-4,12-13H,1-2,11H2. The van der Waals surface area contributed by atoms with Gasteiger partial charge in [-0.1, -0.05) is 0 Å². The largest absolute Gasteiger partial charge is 0.399 e. The normalized spacial score (nSPS) is 11.7. The molecule has 90 valence electrons. The second-order valence-corrected chi connectivity index (χ2v) is 5.53. The van der Waals surface area contributed by atoms with Crippen molar-refractivity contribution in [2.45, 2.75) is 4.90 Å². The zero-order valence-electron chi connectivity index (χ0n) is 8.07. The van der Waals surface area contributed by atoms with Crippen LogP contribution in [0, 0.1) is 5.82 Å². The van der Waals surface area contributed by atoms with E-state index < -0.39 is 20.7 Å². The van der Waals surface area contributed by atoms with Gasteiger partial charge < -0.3 is 10.8 Å². The van der Waals surface area contributed by atoms with Crippen molar-refractivity contribution in [3.8, 4) is 0 Å². The molecule has 0 aliphatic heterocycles. The molecule has 1 rings (SSSR count). The van der Waals surface area contributed by atoms with E-state index in [0.717, 1.165) is 6.07 Å². The van der Waals surface area contributed by atoms with Crippen LogP contribution in [0.1, 0.15) is 0 Å². The minimum absolute atomic E-state index is 0.0307. The SMILES string of the molecule is Nc1cc(Br)c(F)c(S(=O)(=O)NCCO)c1. The molecule has 0 amide bonds. The first-order valence-electron chi connectivity index (χ1n) is 4.23. The van der Waals surface area contributed by atoms with Crippen molar-refractivity contribution in [2.75, 3.05) is 18.9 Å². The Morgan fingerprint density at radius 1 is 1.50 bits per heavy atom. The average Bonchev–Trinajstić information content (AvgIpc) is 2.20. The van der Waals surface area contributed by atoms with Crippen LogP contribution < -0.4 is 10.5 Å². The summed E-state index contributed by atoms with van der Waals surface area (Å²) in [4.78, 5) is -0.548. The van der Waals surface area contributed by atoms with Gasteiger partial charge in [0.05, 0.1) is 11.1 Å². The Balaban J connectivity index is 3.22. The van der Waals surface area contributed by atoms with Crippen LogP contribution in [0.5, 0.6) is 0 Å². The molecule has 5 nitrogen and oxygen atoms in total. The number of rotatable bonds is 4. The first-order chi connectivity index (χ1) is 7.38. The van der Waals surface area contributed by atoms with Gasteiger partial charge in [0.2, 0.25) is 10.0 Å². The quantitative estimate of drug-likeness (QED) is 0.703. The number of aliphatic hydroxyl groups excluding tert-OH is 1. The molecule has 0 heterocycles. The molecule has 0 aliphatic rings. The summed E-state index contributed by atoms with van der Waals surface area (Å²) in [6, 6.07) is 2.28. The minimum atomic E-state index is -3.99. The zero-order valence-corrected chi connectivity index (χ0v) is 10.5. The van der Waals surface area contributed by atoms with E-state index >= 15 is 0 Å². The number of sulfonamides is 1. The topological polar surface area (TPSA) is 92.4 Å². The third-order valence-corrected chi connectivity index (χ3v) is 3.75. The van der Waals surface area contributed by atoms with Gasteiger partial charge in [0.1, 0.15) is 4.90 Å². The highest BCUT2D eigenvalue weighted by atomic mass is 79.9. The molecule has 0 radical (unpaired) electrons. The molecule has 0 saturated heterocycles. The number of nitrogens with two attached hydrogens (primary N) is 1. The second-order valence-electron chi connectivity index (χ2n) is 2.94. The second kappa shape index (κ2) is 5.09. The molecule has 0 fully saturated rings. The summed E-state index contributed by atoms with van der Waals surface area (Å²) >= 11 is 2.86. The fraction of sp³-hybridized carbons (Fsp3) is 0.250. The maximum atomic E-state index is 13.5. The highest BCUT2D eigenvalue weighted by Gasteiger charge is 2.21. The Hall–Kier alpha value is -0.700. The monoisotopic (exact) mass is 312 g/mol. The summed E-state index contributed by atoms with van der Waals surface area (Å²) in [5.74, 6) is -0.917. The lowest BCUT2D eigenvalue weighted by atomic mass is 10.3. The third kappa shape index (κ3) is 2.91. The van der Waals surface area contributed by atoms with Crippen molar-refractivity contribution in [3.63, 3.8) is 0 Å². The first-order valence-corrected chi connectivity index (χ1v) is 6.51. The lowest BCUT2D eigenvalue weighted by Crippen LogP contribution is -2.27. The van der Waals surface area contributed by atoms with Gasteiger partial charge in [0, 0.05) is 12.2 Å². The van der Waals surface area contributed by atoms with E-state index in [1.54, 1.807) is 0 Å². The van der Waals surface area contributed by atoms with Gasteiger partial charge in [0.15, 0.2) is 5.82 Å². The van der Waals surface area contributed by atoms with Crippen LogP contribution in [0.25, 0.3) is 0 Å². The highest BCUT2D eigenvalue weighted by Crippen LogP contribution is 2.25. The lowest BCUT2D eigenvalue weighted by molar-refractivity contribution is 0.301. The van der Waals surface area contributed by atoms with Crippen LogP contribution in [0.4, 0.5) is 10.1 Å². The molecule has 0 saturated carbocycles. The van der Waals surface area contributed by atoms with Crippen LogP contribution in [-0.4, -0.2) is 26.7 Å². The molecule has 0 unspecified atom stereocenters. The number of benzene rings is 1. The van der Waals surface area contributed by atoms with Crippen molar-refractivity contribution < 1.29 is 17.9 Å². The van der Waals surface area contributed by atoms with Crippen molar-refractivity contribution in [1.82, 2.24) is 4.72 Å². The summed E-state index contributed by atoms with van der Waals surface area (Å²) in [5, 5.41) is 8.50. The van der Waals surface area contributed by atoms with Gasteiger partial charge in [-0.15, -0.1) is 0 Å². The van der Waals surface area contributed by atoms with Gasteiger partial charge in [-0.3, -0.25) is 0 Å². The Morgan fingerprint density at radius 3 is 2.69 bits per heavy atom. The summed E-state index contributed by atoms with van der Waals surface area (Å²) < 4.78 is 38.7. The maximum absolute atomic E-state index is 13.5. The lowest BCUT2D eigenvalue weighted by Gasteiger charge is -2.08. The van der Waals surface area contributed by atoms with E-state index in [-0.39, 0.29) is 23.3 Å². The number of anilines is 1. The summed E-state index contributed by atoms with van der Waals surface area (Å²) in [5.41, 5.74) is 5.54. The minimum Gasteiger partial charge on any atom is -0.399 e. The van der Waals surface area contributed by atoms with Gasteiger partial charge in [0.25, 0.3) is 0 Å². The van der Waals surface area contributed by atoms with E-state index in [2.05, 4.69) is 15.9 Å². The molecule has 8 heteroatoms. The van der Waals surface area contributed by atoms with Gasteiger partial charge in [-0.2, -0.15) is 0 Å². The number of nitrogen functional groups attached to an aromatic ring is 1. The average molecular weight is 313 g/mol. The molecule has 4 N–H and O–H groups in total. The van der Waals surface area contributed by atoms with Crippen LogP contribution in [-0.2, 0) is 10.0 Å². The number of hydrogen-bond acceptors (Lipinski definition) is 4. The molecular weight excluding hydrogens is 303 g/mol. The van der Waals surface area contributed by atoms with Crippen molar-refractivity contribution in [3.05, 3.63) is 22.4 Å². The Labute approximate surface area is 101 Å². The van der Waals surface area contributed by atoms with Crippen LogP contribution in [0.15, 0.2) is 21.5 Å². The van der Waals surface area contributed by atoms with Crippen molar-refractivity contribution in [2.24, 2.45) is 0 Å². The van der Waals surface area contributed by atoms with Gasteiger partial charge in [-0.25, -0.2) is 17.5 Å². The Bertz CT molecular complexity index is 492. The summed E-state index contributed by atoms with van der Waals surface area (Å²) in [6.45, 7) is -0.557. The molecular formula is C8H10BrFN2O3S. The molecule has 0 aliphatic carbocycles. The van der Waals surface area contributed by atoms with Crippen molar-refractivity contribution >= 4 is 31.6 Å². The molecule has 1 aromatic carbocycles. The fourth-order valence-electron chi connectivity index (χ4n) is 1.04. The third-order valence-electron chi connectivity index (χ3n) is 1.71. The summed E-state index contributed by atoms with van der Waals surface area (Å²) in [7, 11) is -3.99. The Kier molecular flexibility index (Phi) is 4.25. The predicted molar refractivity (Wildman–Crippen MR) is 60.8 cm³/mol. The van der Waals surface area contributed by atoms with Crippen LogP contribution in [0.2, 0.25) is 0 Å². The number of nitrogens with one attached hydrogen (secondary N) is 1. The Morgan fingerprint density at radius 2 is 2.12 bits per heavy atom. The first kappa shape index (κ1) is 13.4. The van der Waals surface area contributed by atoms with E-state index in [0.29, 0.717) is 0 Å². The molecule has 0 spiro atoms. The molecule has 0 aromatic heterocycles. The fourth-order valence-corrected chi connectivity index (χ4v) is 2.80. The van der Waals surface area contributed by atoms with Gasteiger partial charge in [-0.05, 0) is 28.1 Å². The van der Waals surface area contributed by atoms with Gasteiger partial charge >= 0.3 is 0 Å². The number of aliphatic hydroxyl groups is 1. The van der Waals surface area contributed by atoms with E-state index in [1.807, 2.05) is 4.72 Å². The van der Waals surface area contributed by atoms with E-state index in [1.165, 1.54) is 6.07 Å². The number of halogens is 2.